The summed E-state index contributed by atoms with van der Waals surface area (Å²) >= 11 is 0. The topological polar surface area (TPSA) is 119 Å². The first-order valence-corrected chi connectivity index (χ1v) is 10.8. The van der Waals surface area contributed by atoms with Gasteiger partial charge in [0.2, 0.25) is 0 Å². The Bertz CT molecular complexity index is 1700. The number of nitriles is 1. The number of aryl methyl sites for hydroxylation is 1. The molecule has 0 atom stereocenters. The Hall–Kier alpha value is -5.09. The third-order valence-corrected chi connectivity index (χ3v) is 5.89. The molecule has 0 amide bonds. The van der Waals surface area contributed by atoms with E-state index in [2.05, 4.69) is 11.1 Å². The highest BCUT2D eigenvalue weighted by Gasteiger charge is 2.18. The van der Waals surface area contributed by atoms with E-state index >= 15 is 0 Å². The standard InChI is InChI=1S/C28H19N3O4/c1-16-12-27(35)30-28-24(15-29)22(17-6-8-20(32)9-7-17)14-25(31(16)28)19-4-2-18(3-5-19)23-13-21(33)10-11-26(23)34/h2-14,32-34H,1H3. The van der Waals surface area contributed by atoms with E-state index in [0.717, 1.165) is 5.56 Å². The molecule has 0 aliphatic heterocycles. The summed E-state index contributed by atoms with van der Waals surface area (Å²) in [6.45, 7) is 1.78. The van der Waals surface area contributed by atoms with E-state index in [1.54, 1.807) is 23.5 Å². The highest BCUT2D eigenvalue weighted by atomic mass is 16.3. The summed E-state index contributed by atoms with van der Waals surface area (Å²) in [6.07, 6.45) is 0. The number of fused-ring (bicyclic) bond motifs is 1. The second kappa shape index (κ2) is 8.36. The number of hydrogen-bond acceptors (Lipinski definition) is 6. The largest absolute Gasteiger partial charge is 0.508 e. The third-order valence-electron chi connectivity index (χ3n) is 5.89. The summed E-state index contributed by atoms with van der Waals surface area (Å²) in [7, 11) is 0. The van der Waals surface area contributed by atoms with Crippen LogP contribution in [0.25, 0.3) is 39.2 Å². The molecule has 0 saturated heterocycles. The maximum Gasteiger partial charge on any atom is 0.273 e. The molecule has 3 N–H and O–H groups in total. The SMILES string of the molecule is Cc1cc(=O)nc2c(C#N)c(-c3ccc(O)cc3)cc(-c3ccc(-c4cc(O)ccc4O)cc3)n12. The number of nitrogens with zero attached hydrogens (tertiary/aromatic N) is 3. The molecule has 0 aliphatic rings. The van der Waals surface area contributed by atoms with Gasteiger partial charge in [-0.25, -0.2) is 0 Å². The second-order valence-electron chi connectivity index (χ2n) is 8.15. The fourth-order valence-electron chi connectivity index (χ4n) is 4.23. The summed E-state index contributed by atoms with van der Waals surface area (Å²) in [4.78, 5) is 16.4. The van der Waals surface area contributed by atoms with E-state index in [4.69, 9.17) is 0 Å². The van der Waals surface area contributed by atoms with Crippen molar-refractivity contribution in [1.29, 1.82) is 5.26 Å². The molecule has 0 bridgehead atoms. The molecule has 35 heavy (non-hydrogen) atoms. The Labute approximate surface area is 200 Å². The van der Waals surface area contributed by atoms with Crippen molar-refractivity contribution in [3.05, 3.63) is 100 Å². The Morgan fingerprint density at radius 1 is 0.771 bits per heavy atom. The summed E-state index contributed by atoms with van der Waals surface area (Å²) in [5.74, 6) is 0.194. The van der Waals surface area contributed by atoms with Gasteiger partial charge in [0.15, 0.2) is 5.65 Å². The highest BCUT2D eigenvalue weighted by Crippen LogP contribution is 2.36. The number of phenolic OH excluding ortho intramolecular Hbond substituents is 3. The van der Waals surface area contributed by atoms with E-state index in [1.807, 2.05) is 30.3 Å². The molecule has 7 nitrogen and oxygen atoms in total. The summed E-state index contributed by atoms with van der Waals surface area (Å²) < 4.78 is 1.77. The molecule has 3 aromatic carbocycles. The van der Waals surface area contributed by atoms with Crippen LogP contribution in [-0.2, 0) is 0 Å². The van der Waals surface area contributed by atoms with Gasteiger partial charge in [0, 0.05) is 22.9 Å². The minimum Gasteiger partial charge on any atom is -0.508 e. The van der Waals surface area contributed by atoms with Crippen LogP contribution in [0.15, 0.2) is 83.7 Å². The van der Waals surface area contributed by atoms with Gasteiger partial charge in [0.1, 0.15) is 28.9 Å². The van der Waals surface area contributed by atoms with Crippen LogP contribution in [0.2, 0.25) is 0 Å². The van der Waals surface area contributed by atoms with Crippen LogP contribution in [0.1, 0.15) is 11.3 Å². The van der Waals surface area contributed by atoms with Crippen molar-refractivity contribution in [3.63, 3.8) is 0 Å². The van der Waals surface area contributed by atoms with Gasteiger partial charge in [-0.3, -0.25) is 9.20 Å². The minimum absolute atomic E-state index is 0.0455. The molecule has 2 heterocycles. The molecule has 5 aromatic rings. The average molecular weight is 461 g/mol. The molecule has 0 aliphatic carbocycles. The molecular formula is C28H19N3O4. The highest BCUT2D eigenvalue weighted by molar-refractivity contribution is 5.83. The smallest absolute Gasteiger partial charge is 0.273 e. The van der Waals surface area contributed by atoms with Crippen molar-refractivity contribution in [2.24, 2.45) is 0 Å². The number of rotatable bonds is 3. The number of pyridine rings is 1. The van der Waals surface area contributed by atoms with Crippen LogP contribution >= 0.6 is 0 Å². The second-order valence-corrected chi connectivity index (χ2v) is 8.15. The lowest BCUT2D eigenvalue weighted by atomic mass is 9.96. The molecule has 5 rings (SSSR count). The normalized spacial score (nSPS) is 10.9. The van der Waals surface area contributed by atoms with Gasteiger partial charge in [-0.05, 0) is 60.0 Å². The number of phenols is 3. The Morgan fingerprint density at radius 2 is 1.37 bits per heavy atom. The lowest BCUT2D eigenvalue weighted by Crippen LogP contribution is -2.13. The summed E-state index contributed by atoms with van der Waals surface area (Å²) in [6, 6.07) is 23.6. The van der Waals surface area contributed by atoms with Gasteiger partial charge in [-0.1, -0.05) is 36.4 Å². The van der Waals surface area contributed by atoms with Crippen molar-refractivity contribution in [3.8, 4) is 56.8 Å². The maximum absolute atomic E-state index is 12.3. The minimum atomic E-state index is -0.442. The molecule has 0 unspecified atom stereocenters. The zero-order chi connectivity index (χ0) is 24.7. The van der Waals surface area contributed by atoms with Gasteiger partial charge < -0.3 is 15.3 Å². The van der Waals surface area contributed by atoms with Gasteiger partial charge in [-0.2, -0.15) is 10.2 Å². The number of benzene rings is 3. The first-order valence-electron chi connectivity index (χ1n) is 10.8. The first-order chi connectivity index (χ1) is 16.9. The van der Waals surface area contributed by atoms with Gasteiger partial charge in [0.25, 0.3) is 5.56 Å². The van der Waals surface area contributed by atoms with Crippen molar-refractivity contribution in [2.45, 2.75) is 6.92 Å². The van der Waals surface area contributed by atoms with Crippen molar-refractivity contribution in [1.82, 2.24) is 9.38 Å². The molecule has 0 spiro atoms. The molecule has 7 heteroatoms. The van der Waals surface area contributed by atoms with Crippen molar-refractivity contribution < 1.29 is 15.3 Å². The van der Waals surface area contributed by atoms with Crippen LogP contribution in [0, 0.1) is 18.3 Å². The van der Waals surface area contributed by atoms with Gasteiger partial charge in [0.05, 0.1) is 5.69 Å². The number of hydrogen-bond donors (Lipinski definition) is 3. The molecule has 0 radical (unpaired) electrons. The first kappa shape index (κ1) is 21.7. The van der Waals surface area contributed by atoms with Crippen LogP contribution in [0.3, 0.4) is 0 Å². The van der Waals surface area contributed by atoms with E-state index in [1.165, 1.54) is 36.4 Å². The third kappa shape index (κ3) is 3.83. The zero-order valence-electron chi connectivity index (χ0n) is 18.6. The number of aromatic hydroxyl groups is 3. The fraction of sp³-hybridized carbons (Fsp3) is 0.0357. The van der Waals surface area contributed by atoms with Crippen LogP contribution < -0.4 is 5.56 Å². The van der Waals surface area contributed by atoms with Crippen molar-refractivity contribution in [2.75, 3.05) is 0 Å². The van der Waals surface area contributed by atoms with E-state index in [0.29, 0.717) is 33.6 Å². The molecule has 170 valence electrons. The van der Waals surface area contributed by atoms with E-state index in [9.17, 15) is 25.4 Å². The van der Waals surface area contributed by atoms with Gasteiger partial charge in [-0.15, -0.1) is 0 Å². The van der Waals surface area contributed by atoms with E-state index < -0.39 is 5.56 Å². The molecule has 0 fully saturated rings. The molecule has 0 saturated carbocycles. The Balaban J connectivity index is 1.77. The lowest BCUT2D eigenvalue weighted by Gasteiger charge is -2.17. The predicted molar refractivity (Wildman–Crippen MR) is 132 cm³/mol. The quantitative estimate of drug-likeness (QED) is 0.326. The monoisotopic (exact) mass is 461 g/mol. The predicted octanol–water partition coefficient (Wildman–Crippen LogP) is 4.99. The van der Waals surface area contributed by atoms with E-state index in [-0.39, 0.29) is 28.5 Å². The molecule has 2 aromatic heterocycles. The van der Waals surface area contributed by atoms with Crippen LogP contribution in [0.4, 0.5) is 0 Å². The average Bonchev–Trinajstić information content (AvgIpc) is 2.85. The summed E-state index contributed by atoms with van der Waals surface area (Å²) in [5, 5.41) is 39.7. The Kier molecular flexibility index (Phi) is 5.19. The van der Waals surface area contributed by atoms with Crippen molar-refractivity contribution >= 4 is 5.65 Å². The zero-order valence-corrected chi connectivity index (χ0v) is 18.6. The fourth-order valence-corrected chi connectivity index (χ4v) is 4.23. The summed E-state index contributed by atoms with van der Waals surface area (Å²) in [5.41, 5.74) is 4.65. The lowest BCUT2D eigenvalue weighted by molar-refractivity contribution is 0.462. The van der Waals surface area contributed by atoms with Crippen LogP contribution in [-0.4, -0.2) is 24.7 Å². The molecular weight excluding hydrogens is 442 g/mol. The Morgan fingerprint density at radius 3 is 2.06 bits per heavy atom. The maximum atomic E-state index is 12.3. The van der Waals surface area contributed by atoms with Gasteiger partial charge >= 0.3 is 0 Å². The number of aromatic nitrogens is 2. The van der Waals surface area contributed by atoms with Crippen LogP contribution in [0.5, 0.6) is 17.2 Å².